The van der Waals surface area contributed by atoms with E-state index < -0.39 is 0 Å². The first kappa shape index (κ1) is 12.1. The van der Waals surface area contributed by atoms with Gasteiger partial charge in [0.2, 0.25) is 0 Å². The minimum atomic E-state index is -0.245. The maximum Gasteiger partial charge on any atom is 0.338 e. The largest absolute Gasteiger partial charge is 0.465 e. The summed E-state index contributed by atoms with van der Waals surface area (Å²) in [5.74, 6) is -0.245. The van der Waals surface area contributed by atoms with Crippen molar-refractivity contribution >= 4 is 5.97 Å². The van der Waals surface area contributed by atoms with E-state index in [1.807, 2.05) is 19.9 Å². The molecule has 0 amide bonds. The van der Waals surface area contributed by atoms with E-state index in [2.05, 4.69) is 11.4 Å². The summed E-state index contributed by atoms with van der Waals surface area (Å²) in [4.78, 5) is 11.7. The fourth-order valence-electron chi connectivity index (χ4n) is 2.38. The summed E-state index contributed by atoms with van der Waals surface area (Å²) in [6.07, 6.45) is 2.34. The number of esters is 1. The lowest BCUT2D eigenvalue weighted by Crippen LogP contribution is -2.15. The highest BCUT2D eigenvalue weighted by molar-refractivity contribution is 5.91. The van der Waals surface area contributed by atoms with Crippen molar-refractivity contribution in [2.45, 2.75) is 32.7 Å². The van der Waals surface area contributed by atoms with Gasteiger partial charge in [-0.3, -0.25) is 0 Å². The normalized spacial score (nSPS) is 19.4. The maximum atomic E-state index is 11.7. The number of aryl methyl sites for hydroxylation is 1. The third kappa shape index (κ3) is 2.34. The van der Waals surface area contributed by atoms with Gasteiger partial charge >= 0.3 is 5.97 Å². The Kier molecular flexibility index (Phi) is 3.48. The predicted octanol–water partition coefficient (Wildman–Crippen LogP) is 2.51. The van der Waals surface area contributed by atoms with Crippen molar-refractivity contribution in [2.24, 2.45) is 0 Å². The second-order valence-electron chi connectivity index (χ2n) is 4.65. The molecule has 92 valence electrons. The summed E-state index contributed by atoms with van der Waals surface area (Å²) in [6.45, 7) is 5.07. The van der Waals surface area contributed by atoms with Crippen LogP contribution in [-0.4, -0.2) is 19.6 Å². The van der Waals surface area contributed by atoms with Gasteiger partial charge in [-0.15, -0.1) is 0 Å². The minimum Gasteiger partial charge on any atom is -0.465 e. The maximum absolute atomic E-state index is 11.7. The summed E-state index contributed by atoms with van der Waals surface area (Å²) in [5.41, 5.74) is 4.05. The molecule has 1 aromatic rings. The third-order valence-electron chi connectivity index (χ3n) is 3.56. The zero-order valence-electron chi connectivity index (χ0n) is 10.7. The molecule has 0 saturated carbocycles. The Morgan fingerprint density at radius 3 is 2.76 bits per heavy atom. The Morgan fingerprint density at radius 2 is 2.18 bits per heavy atom. The van der Waals surface area contributed by atoms with Crippen molar-refractivity contribution < 1.29 is 9.53 Å². The van der Waals surface area contributed by atoms with E-state index in [9.17, 15) is 4.79 Å². The quantitative estimate of drug-likeness (QED) is 0.798. The van der Waals surface area contributed by atoms with Crippen LogP contribution in [0.25, 0.3) is 0 Å². The second kappa shape index (κ2) is 4.88. The van der Waals surface area contributed by atoms with Gasteiger partial charge in [0, 0.05) is 6.04 Å². The zero-order chi connectivity index (χ0) is 12.4. The van der Waals surface area contributed by atoms with Crippen LogP contribution in [0.3, 0.4) is 0 Å². The number of ether oxygens (including phenoxy) is 1. The van der Waals surface area contributed by atoms with Gasteiger partial charge in [-0.05, 0) is 56.0 Å². The molecule has 2 rings (SSSR count). The summed E-state index contributed by atoms with van der Waals surface area (Å²) < 4.78 is 4.83. The number of benzene rings is 1. The number of hydrogen-bond donors (Lipinski definition) is 1. The lowest BCUT2D eigenvalue weighted by Gasteiger charge is -2.15. The molecule has 0 spiro atoms. The Bertz CT molecular complexity index is 434. The fourth-order valence-corrected chi connectivity index (χ4v) is 2.38. The van der Waals surface area contributed by atoms with Crippen LogP contribution in [0.2, 0.25) is 0 Å². The molecule has 3 heteroatoms. The molecule has 3 nitrogen and oxygen atoms in total. The van der Waals surface area contributed by atoms with E-state index in [1.165, 1.54) is 19.1 Å². The first-order valence-electron chi connectivity index (χ1n) is 6.06. The van der Waals surface area contributed by atoms with Crippen LogP contribution in [0, 0.1) is 13.8 Å². The number of carbonyl (C=O) groups excluding carboxylic acids is 1. The van der Waals surface area contributed by atoms with E-state index in [0.29, 0.717) is 11.6 Å². The molecule has 0 radical (unpaired) electrons. The molecule has 1 fully saturated rings. The van der Waals surface area contributed by atoms with E-state index in [4.69, 9.17) is 4.74 Å². The lowest BCUT2D eigenvalue weighted by atomic mass is 9.95. The number of rotatable bonds is 2. The van der Waals surface area contributed by atoms with Crippen molar-refractivity contribution in [3.63, 3.8) is 0 Å². The average Bonchev–Trinajstić information content (AvgIpc) is 2.85. The molecule has 1 unspecified atom stereocenters. The van der Waals surface area contributed by atoms with Crippen LogP contribution in [0.1, 0.15) is 45.9 Å². The molecular weight excluding hydrogens is 214 g/mol. The standard InChI is InChI=1S/C14H19NO2/c1-9-7-11(13-5-4-6-15-13)8-12(10(9)2)14(16)17-3/h7-8,13,15H,4-6H2,1-3H3. The van der Waals surface area contributed by atoms with E-state index in [0.717, 1.165) is 24.1 Å². The van der Waals surface area contributed by atoms with Crippen molar-refractivity contribution in [3.8, 4) is 0 Å². The highest BCUT2D eigenvalue weighted by Crippen LogP contribution is 2.27. The Labute approximate surface area is 102 Å². The monoisotopic (exact) mass is 233 g/mol. The van der Waals surface area contributed by atoms with Gasteiger partial charge in [0.15, 0.2) is 0 Å². The highest BCUT2D eigenvalue weighted by Gasteiger charge is 2.20. The van der Waals surface area contributed by atoms with E-state index in [1.54, 1.807) is 0 Å². The van der Waals surface area contributed by atoms with Crippen LogP contribution in [0.4, 0.5) is 0 Å². The molecule has 1 aromatic carbocycles. The highest BCUT2D eigenvalue weighted by atomic mass is 16.5. The van der Waals surface area contributed by atoms with Crippen LogP contribution in [0.15, 0.2) is 12.1 Å². The Morgan fingerprint density at radius 1 is 1.41 bits per heavy atom. The molecule has 0 aromatic heterocycles. The molecule has 1 heterocycles. The number of carbonyl (C=O) groups is 1. The SMILES string of the molecule is COC(=O)c1cc(C2CCCN2)cc(C)c1C. The van der Waals surface area contributed by atoms with Crippen LogP contribution >= 0.6 is 0 Å². The smallest absolute Gasteiger partial charge is 0.338 e. The lowest BCUT2D eigenvalue weighted by molar-refractivity contribution is 0.0599. The average molecular weight is 233 g/mol. The van der Waals surface area contributed by atoms with Crippen molar-refractivity contribution in [1.82, 2.24) is 5.32 Å². The van der Waals surface area contributed by atoms with Crippen molar-refractivity contribution in [2.75, 3.05) is 13.7 Å². The summed E-state index contributed by atoms with van der Waals surface area (Å²) in [6, 6.07) is 4.53. The van der Waals surface area contributed by atoms with Crippen molar-refractivity contribution in [1.29, 1.82) is 0 Å². The number of methoxy groups -OCH3 is 1. The molecule has 1 saturated heterocycles. The molecule has 1 aliphatic heterocycles. The molecule has 0 bridgehead atoms. The number of nitrogens with one attached hydrogen (secondary N) is 1. The van der Waals surface area contributed by atoms with Gasteiger partial charge in [0.1, 0.15) is 0 Å². The van der Waals surface area contributed by atoms with E-state index in [-0.39, 0.29) is 5.97 Å². The summed E-state index contributed by atoms with van der Waals surface area (Å²) in [7, 11) is 1.43. The third-order valence-corrected chi connectivity index (χ3v) is 3.56. The molecule has 1 aliphatic rings. The first-order valence-corrected chi connectivity index (χ1v) is 6.06. The van der Waals surface area contributed by atoms with Gasteiger partial charge in [-0.25, -0.2) is 4.79 Å². The topological polar surface area (TPSA) is 38.3 Å². The number of hydrogen-bond acceptors (Lipinski definition) is 3. The van der Waals surface area contributed by atoms with Gasteiger partial charge < -0.3 is 10.1 Å². The van der Waals surface area contributed by atoms with Crippen LogP contribution < -0.4 is 5.32 Å². The van der Waals surface area contributed by atoms with Crippen molar-refractivity contribution in [3.05, 3.63) is 34.4 Å². The molecule has 17 heavy (non-hydrogen) atoms. The Balaban J connectivity index is 2.41. The zero-order valence-corrected chi connectivity index (χ0v) is 10.7. The van der Waals surface area contributed by atoms with Gasteiger partial charge in [0.05, 0.1) is 12.7 Å². The van der Waals surface area contributed by atoms with Crippen LogP contribution in [0.5, 0.6) is 0 Å². The Hall–Kier alpha value is -1.35. The molecule has 0 aliphatic carbocycles. The summed E-state index contributed by atoms with van der Waals surface area (Å²) in [5, 5.41) is 3.45. The molecular formula is C14H19NO2. The predicted molar refractivity (Wildman–Crippen MR) is 67.2 cm³/mol. The fraction of sp³-hybridized carbons (Fsp3) is 0.500. The van der Waals surface area contributed by atoms with Gasteiger partial charge in [0.25, 0.3) is 0 Å². The molecule has 1 N–H and O–H groups in total. The minimum absolute atomic E-state index is 0.245. The van der Waals surface area contributed by atoms with Crippen LogP contribution in [-0.2, 0) is 4.74 Å². The summed E-state index contributed by atoms with van der Waals surface area (Å²) >= 11 is 0. The van der Waals surface area contributed by atoms with Gasteiger partial charge in [-0.1, -0.05) is 6.07 Å². The van der Waals surface area contributed by atoms with E-state index >= 15 is 0 Å². The molecule has 1 atom stereocenters. The second-order valence-corrected chi connectivity index (χ2v) is 4.65. The first-order chi connectivity index (χ1) is 8.13. The van der Waals surface area contributed by atoms with Gasteiger partial charge in [-0.2, -0.15) is 0 Å².